The number of methoxy groups -OCH3 is 2. The summed E-state index contributed by atoms with van der Waals surface area (Å²) in [6.45, 7) is 2.27. The maximum absolute atomic E-state index is 12.4. The molecule has 0 bridgehead atoms. The molecule has 9 heteroatoms. The molecular weight excluding hydrogens is 426 g/mol. The molecule has 166 valence electrons. The second kappa shape index (κ2) is 10.3. The van der Waals surface area contributed by atoms with Crippen LogP contribution < -0.4 is 24.3 Å². The summed E-state index contributed by atoms with van der Waals surface area (Å²) in [5.41, 5.74) is 0.903. The van der Waals surface area contributed by atoms with E-state index < -0.39 is 24.5 Å². The van der Waals surface area contributed by atoms with Gasteiger partial charge >= 0.3 is 5.97 Å². The van der Waals surface area contributed by atoms with Crippen molar-refractivity contribution in [2.24, 2.45) is 0 Å². The minimum atomic E-state index is -0.695. The predicted octanol–water partition coefficient (Wildman–Crippen LogP) is 3.55. The van der Waals surface area contributed by atoms with Gasteiger partial charge in [0.05, 0.1) is 44.1 Å². The van der Waals surface area contributed by atoms with Gasteiger partial charge in [0.25, 0.3) is 5.91 Å². The summed E-state index contributed by atoms with van der Waals surface area (Å²) < 4.78 is 26.8. The molecule has 1 amide bonds. The van der Waals surface area contributed by atoms with Gasteiger partial charge in [-0.15, -0.1) is 0 Å². The third-order valence-electron chi connectivity index (χ3n) is 4.65. The van der Waals surface area contributed by atoms with E-state index in [1.807, 2.05) is 0 Å². The SMILES string of the molecule is COc1ccc(OC)c(C(C)NC(=O)COC(=O)c2cc(Cl)c3c(c2)OCCCO3)c1. The molecule has 0 fully saturated rings. The molecule has 1 atom stereocenters. The van der Waals surface area contributed by atoms with Crippen LogP contribution >= 0.6 is 11.6 Å². The summed E-state index contributed by atoms with van der Waals surface area (Å²) in [6, 6.07) is 7.82. The van der Waals surface area contributed by atoms with Crippen LogP contribution in [0.4, 0.5) is 0 Å². The van der Waals surface area contributed by atoms with E-state index in [4.69, 9.17) is 35.3 Å². The van der Waals surface area contributed by atoms with Gasteiger partial charge in [0.15, 0.2) is 18.1 Å². The topological polar surface area (TPSA) is 92.3 Å². The number of carbonyl (C=O) groups excluding carboxylic acids is 2. The van der Waals surface area contributed by atoms with Crippen LogP contribution in [0.3, 0.4) is 0 Å². The van der Waals surface area contributed by atoms with Crippen molar-refractivity contribution in [1.29, 1.82) is 0 Å². The van der Waals surface area contributed by atoms with E-state index >= 15 is 0 Å². The zero-order valence-corrected chi connectivity index (χ0v) is 18.3. The highest BCUT2D eigenvalue weighted by Gasteiger charge is 2.21. The van der Waals surface area contributed by atoms with Gasteiger partial charge in [-0.2, -0.15) is 0 Å². The number of benzene rings is 2. The first kappa shape index (κ1) is 22.6. The van der Waals surface area contributed by atoms with E-state index in [1.165, 1.54) is 12.1 Å². The maximum atomic E-state index is 12.4. The van der Waals surface area contributed by atoms with Crippen LogP contribution in [0, 0.1) is 0 Å². The molecule has 8 nitrogen and oxygen atoms in total. The Morgan fingerprint density at radius 1 is 1.13 bits per heavy atom. The first-order valence-electron chi connectivity index (χ1n) is 9.70. The van der Waals surface area contributed by atoms with Crippen molar-refractivity contribution in [1.82, 2.24) is 5.32 Å². The van der Waals surface area contributed by atoms with Crippen molar-refractivity contribution < 1.29 is 33.3 Å². The Balaban J connectivity index is 1.61. The van der Waals surface area contributed by atoms with Crippen LogP contribution in [0.1, 0.15) is 35.3 Å². The number of hydrogen-bond donors (Lipinski definition) is 1. The highest BCUT2D eigenvalue weighted by molar-refractivity contribution is 6.32. The number of ether oxygens (including phenoxy) is 5. The van der Waals surface area contributed by atoms with Crippen molar-refractivity contribution in [2.75, 3.05) is 34.0 Å². The fourth-order valence-corrected chi connectivity index (χ4v) is 3.37. The van der Waals surface area contributed by atoms with E-state index in [0.29, 0.717) is 42.6 Å². The lowest BCUT2D eigenvalue weighted by Gasteiger charge is -2.18. The Morgan fingerprint density at radius 3 is 2.65 bits per heavy atom. The van der Waals surface area contributed by atoms with Gasteiger partial charge in [0.2, 0.25) is 0 Å². The summed E-state index contributed by atoms with van der Waals surface area (Å²) in [4.78, 5) is 24.7. The second-order valence-corrected chi connectivity index (χ2v) is 7.22. The fourth-order valence-electron chi connectivity index (χ4n) is 3.10. The molecule has 0 aromatic heterocycles. The lowest BCUT2D eigenvalue weighted by molar-refractivity contribution is -0.124. The highest BCUT2D eigenvalue weighted by atomic mass is 35.5. The van der Waals surface area contributed by atoms with Gasteiger partial charge < -0.3 is 29.0 Å². The normalized spacial score (nSPS) is 13.5. The van der Waals surface area contributed by atoms with Crippen LogP contribution in [0.2, 0.25) is 5.02 Å². The molecule has 1 N–H and O–H groups in total. The van der Waals surface area contributed by atoms with Crippen LogP contribution in [0.5, 0.6) is 23.0 Å². The zero-order valence-electron chi connectivity index (χ0n) is 17.5. The maximum Gasteiger partial charge on any atom is 0.338 e. The smallest absolute Gasteiger partial charge is 0.338 e. The number of amides is 1. The monoisotopic (exact) mass is 449 g/mol. The Labute approximate surface area is 185 Å². The number of fused-ring (bicyclic) bond motifs is 1. The standard InChI is InChI=1S/C22H24ClNO7/c1-13(16-11-15(27-2)5-6-18(16)28-3)24-20(25)12-31-22(26)14-9-17(23)21-19(10-14)29-7-4-8-30-21/h5-6,9-11,13H,4,7-8,12H2,1-3H3,(H,24,25). The molecule has 2 aromatic rings. The second-order valence-electron chi connectivity index (χ2n) is 6.81. The van der Waals surface area contributed by atoms with E-state index in [9.17, 15) is 9.59 Å². The average Bonchev–Trinajstić information content (AvgIpc) is 3.02. The lowest BCUT2D eigenvalue weighted by Crippen LogP contribution is -2.31. The van der Waals surface area contributed by atoms with E-state index in [-0.39, 0.29) is 10.6 Å². The third kappa shape index (κ3) is 5.52. The number of esters is 1. The molecule has 2 aromatic carbocycles. The van der Waals surface area contributed by atoms with Crippen molar-refractivity contribution in [3.63, 3.8) is 0 Å². The van der Waals surface area contributed by atoms with Gasteiger partial charge in [-0.05, 0) is 37.3 Å². The van der Waals surface area contributed by atoms with E-state index in [0.717, 1.165) is 5.56 Å². The van der Waals surface area contributed by atoms with Crippen molar-refractivity contribution in [2.45, 2.75) is 19.4 Å². The molecule has 0 saturated heterocycles. The summed E-state index contributed by atoms with van der Waals surface area (Å²) in [7, 11) is 3.10. The Bertz CT molecular complexity index is 963. The molecule has 1 unspecified atom stereocenters. The van der Waals surface area contributed by atoms with Crippen LogP contribution in [0.25, 0.3) is 0 Å². The molecule has 1 heterocycles. The van der Waals surface area contributed by atoms with Crippen molar-refractivity contribution >= 4 is 23.5 Å². The van der Waals surface area contributed by atoms with Crippen molar-refractivity contribution in [3.05, 3.63) is 46.5 Å². The van der Waals surface area contributed by atoms with Gasteiger partial charge in [0, 0.05) is 12.0 Å². The van der Waals surface area contributed by atoms with Crippen LogP contribution in [0.15, 0.2) is 30.3 Å². The van der Waals surface area contributed by atoms with Crippen LogP contribution in [-0.2, 0) is 9.53 Å². The highest BCUT2D eigenvalue weighted by Crippen LogP contribution is 2.38. The number of hydrogen-bond acceptors (Lipinski definition) is 7. The van der Waals surface area contributed by atoms with Gasteiger partial charge in [-0.3, -0.25) is 4.79 Å². The first-order valence-corrected chi connectivity index (χ1v) is 10.1. The summed E-state index contributed by atoms with van der Waals surface area (Å²) in [5.74, 6) is 0.849. The summed E-state index contributed by atoms with van der Waals surface area (Å²) >= 11 is 6.20. The van der Waals surface area contributed by atoms with E-state index in [2.05, 4.69) is 5.32 Å². The predicted molar refractivity (Wildman–Crippen MR) is 113 cm³/mol. The van der Waals surface area contributed by atoms with Crippen LogP contribution in [-0.4, -0.2) is 45.9 Å². The number of nitrogens with one attached hydrogen (secondary N) is 1. The molecular formula is C22H24ClNO7. The Hall–Kier alpha value is -3.13. The first-order chi connectivity index (χ1) is 14.9. The minimum absolute atomic E-state index is 0.171. The summed E-state index contributed by atoms with van der Waals surface area (Å²) in [5, 5.41) is 3.02. The molecule has 0 aliphatic carbocycles. The Morgan fingerprint density at radius 2 is 1.90 bits per heavy atom. The number of halogens is 1. The zero-order chi connectivity index (χ0) is 22.4. The van der Waals surface area contributed by atoms with E-state index in [1.54, 1.807) is 39.3 Å². The quantitative estimate of drug-likeness (QED) is 0.646. The number of rotatable bonds is 7. The van der Waals surface area contributed by atoms with Crippen molar-refractivity contribution in [3.8, 4) is 23.0 Å². The summed E-state index contributed by atoms with van der Waals surface area (Å²) in [6.07, 6.45) is 0.710. The largest absolute Gasteiger partial charge is 0.497 e. The molecule has 0 spiro atoms. The molecule has 3 rings (SSSR count). The molecule has 31 heavy (non-hydrogen) atoms. The molecule has 1 aliphatic heterocycles. The molecule has 1 aliphatic rings. The fraction of sp³-hybridized carbons (Fsp3) is 0.364. The lowest BCUT2D eigenvalue weighted by atomic mass is 10.1. The van der Waals surface area contributed by atoms with Gasteiger partial charge in [-0.1, -0.05) is 11.6 Å². The minimum Gasteiger partial charge on any atom is -0.497 e. The molecule has 0 radical (unpaired) electrons. The average molecular weight is 450 g/mol. The van der Waals surface area contributed by atoms with Gasteiger partial charge in [0.1, 0.15) is 11.5 Å². The number of carbonyl (C=O) groups is 2. The molecule has 0 saturated carbocycles. The third-order valence-corrected chi connectivity index (χ3v) is 4.93. The Kier molecular flexibility index (Phi) is 7.46. The van der Waals surface area contributed by atoms with Gasteiger partial charge in [-0.25, -0.2) is 4.79 Å².